The molecule has 1 N–H and O–H groups in total. The number of unbranched alkanes of at least 4 members (excludes halogenated alkanes) is 1. The third-order valence-electron chi connectivity index (χ3n) is 2.70. The minimum atomic E-state index is -0.371. The maximum atomic E-state index is 11.4. The van der Waals surface area contributed by atoms with Gasteiger partial charge in [-0.25, -0.2) is 4.79 Å². The molecule has 0 bridgehead atoms. The summed E-state index contributed by atoms with van der Waals surface area (Å²) in [6.45, 7) is 8.26. The summed E-state index contributed by atoms with van der Waals surface area (Å²) in [7, 11) is 0. The lowest BCUT2D eigenvalue weighted by atomic mass is 10.0. The van der Waals surface area contributed by atoms with E-state index < -0.39 is 0 Å². The standard InChI is InChI=1S/C13H24O3/c1-4-6-7-12(5-2)10-16-13(15)11(3)8-9-14/h12,14H,3-10H2,1-2H3. The highest BCUT2D eigenvalue weighted by atomic mass is 16.5. The van der Waals surface area contributed by atoms with Crippen molar-refractivity contribution in [1.82, 2.24) is 0 Å². The minimum absolute atomic E-state index is 0.0546. The van der Waals surface area contributed by atoms with Crippen LogP contribution in [0, 0.1) is 5.92 Å². The smallest absolute Gasteiger partial charge is 0.333 e. The van der Waals surface area contributed by atoms with Crippen LogP contribution in [0.4, 0.5) is 0 Å². The quantitative estimate of drug-likeness (QED) is 0.487. The molecule has 0 aliphatic heterocycles. The van der Waals surface area contributed by atoms with Crippen LogP contribution in [-0.4, -0.2) is 24.3 Å². The fraction of sp³-hybridized carbons (Fsp3) is 0.769. The molecule has 0 fully saturated rings. The Kier molecular flexibility index (Phi) is 8.91. The summed E-state index contributed by atoms with van der Waals surface area (Å²) < 4.78 is 5.16. The van der Waals surface area contributed by atoms with Gasteiger partial charge in [-0.15, -0.1) is 0 Å². The molecule has 0 rings (SSSR count). The maximum Gasteiger partial charge on any atom is 0.333 e. The summed E-state index contributed by atoms with van der Waals surface area (Å²) in [5.41, 5.74) is 0.354. The molecule has 0 aromatic rings. The van der Waals surface area contributed by atoms with Gasteiger partial charge in [0.15, 0.2) is 0 Å². The zero-order valence-electron chi connectivity index (χ0n) is 10.5. The zero-order valence-corrected chi connectivity index (χ0v) is 10.5. The predicted molar refractivity (Wildman–Crippen MR) is 65.1 cm³/mol. The summed E-state index contributed by atoms with van der Waals surface area (Å²) in [5, 5.41) is 8.66. The first kappa shape index (κ1) is 15.2. The molecule has 0 aliphatic rings. The van der Waals surface area contributed by atoms with Crippen molar-refractivity contribution in [3.8, 4) is 0 Å². The van der Waals surface area contributed by atoms with E-state index in [4.69, 9.17) is 9.84 Å². The Morgan fingerprint density at radius 2 is 2.12 bits per heavy atom. The number of carbonyl (C=O) groups excluding carboxylic acids is 1. The number of hydrogen-bond acceptors (Lipinski definition) is 3. The summed E-state index contributed by atoms with van der Waals surface area (Å²) in [4.78, 5) is 11.4. The molecule has 0 aromatic heterocycles. The highest BCUT2D eigenvalue weighted by Crippen LogP contribution is 2.13. The second-order valence-corrected chi connectivity index (χ2v) is 4.09. The fourth-order valence-corrected chi connectivity index (χ4v) is 1.43. The van der Waals surface area contributed by atoms with Crippen molar-refractivity contribution < 1.29 is 14.6 Å². The lowest BCUT2D eigenvalue weighted by molar-refractivity contribution is -0.140. The Labute approximate surface area is 98.5 Å². The number of carbonyl (C=O) groups is 1. The highest BCUT2D eigenvalue weighted by molar-refractivity contribution is 5.87. The first-order chi connectivity index (χ1) is 7.65. The minimum Gasteiger partial charge on any atom is -0.462 e. The molecule has 1 unspecified atom stereocenters. The fourth-order valence-electron chi connectivity index (χ4n) is 1.43. The Morgan fingerprint density at radius 1 is 1.44 bits per heavy atom. The molecular formula is C13H24O3. The molecule has 0 spiro atoms. The van der Waals surface area contributed by atoms with Gasteiger partial charge in [-0.1, -0.05) is 39.7 Å². The van der Waals surface area contributed by atoms with Crippen LogP contribution in [0.3, 0.4) is 0 Å². The van der Waals surface area contributed by atoms with Gasteiger partial charge in [0.2, 0.25) is 0 Å². The molecule has 94 valence electrons. The first-order valence-corrected chi connectivity index (χ1v) is 6.11. The van der Waals surface area contributed by atoms with Crippen molar-refractivity contribution in [1.29, 1.82) is 0 Å². The van der Waals surface area contributed by atoms with E-state index in [0.717, 1.165) is 12.8 Å². The van der Waals surface area contributed by atoms with Crippen molar-refractivity contribution in [2.24, 2.45) is 5.92 Å². The van der Waals surface area contributed by atoms with Crippen LogP contribution in [0.15, 0.2) is 12.2 Å². The van der Waals surface area contributed by atoms with E-state index in [1.165, 1.54) is 12.8 Å². The number of ether oxygens (including phenoxy) is 1. The van der Waals surface area contributed by atoms with Crippen molar-refractivity contribution in [3.05, 3.63) is 12.2 Å². The van der Waals surface area contributed by atoms with Gasteiger partial charge in [-0.3, -0.25) is 0 Å². The van der Waals surface area contributed by atoms with Gasteiger partial charge >= 0.3 is 5.97 Å². The average molecular weight is 228 g/mol. The number of esters is 1. The maximum absolute atomic E-state index is 11.4. The van der Waals surface area contributed by atoms with Gasteiger partial charge in [0.25, 0.3) is 0 Å². The van der Waals surface area contributed by atoms with Crippen LogP contribution < -0.4 is 0 Å². The second kappa shape index (κ2) is 9.40. The SMILES string of the molecule is C=C(CCO)C(=O)OCC(CC)CCCC. The Morgan fingerprint density at radius 3 is 2.62 bits per heavy atom. The molecule has 3 nitrogen and oxygen atoms in total. The monoisotopic (exact) mass is 228 g/mol. The van der Waals surface area contributed by atoms with Gasteiger partial charge in [0.1, 0.15) is 0 Å². The van der Waals surface area contributed by atoms with Crippen LogP contribution in [0.1, 0.15) is 46.0 Å². The molecule has 3 heteroatoms. The summed E-state index contributed by atoms with van der Waals surface area (Å²) >= 11 is 0. The first-order valence-electron chi connectivity index (χ1n) is 6.11. The zero-order chi connectivity index (χ0) is 12.4. The molecule has 0 amide bonds. The summed E-state index contributed by atoms with van der Waals surface area (Å²) in [6.07, 6.45) is 4.77. The molecular weight excluding hydrogens is 204 g/mol. The lowest BCUT2D eigenvalue weighted by Gasteiger charge is -2.14. The number of aliphatic hydroxyl groups is 1. The highest BCUT2D eigenvalue weighted by Gasteiger charge is 2.12. The van der Waals surface area contributed by atoms with Crippen molar-refractivity contribution >= 4 is 5.97 Å². The Bertz CT molecular complexity index is 211. The number of hydrogen-bond donors (Lipinski definition) is 1. The number of rotatable bonds is 9. The molecule has 0 aromatic carbocycles. The van der Waals surface area contributed by atoms with Crippen LogP contribution in [0.2, 0.25) is 0 Å². The molecule has 0 radical (unpaired) electrons. The molecule has 16 heavy (non-hydrogen) atoms. The average Bonchev–Trinajstić information content (AvgIpc) is 2.29. The van der Waals surface area contributed by atoms with E-state index in [1.807, 2.05) is 0 Å². The van der Waals surface area contributed by atoms with Crippen molar-refractivity contribution in [3.63, 3.8) is 0 Å². The van der Waals surface area contributed by atoms with E-state index >= 15 is 0 Å². The van der Waals surface area contributed by atoms with Gasteiger partial charge < -0.3 is 9.84 Å². The summed E-state index contributed by atoms with van der Waals surface area (Å²) in [5.74, 6) is 0.0785. The van der Waals surface area contributed by atoms with E-state index in [9.17, 15) is 4.79 Å². The van der Waals surface area contributed by atoms with E-state index in [1.54, 1.807) is 0 Å². The molecule has 0 heterocycles. The van der Waals surface area contributed by atoms with E-state index in [0.29, 0.717) is 24.5 Å². The van der Waals surface area contributed by atoms with Crippen LogP contribution in [0.25, 0.3) is 0 Å². The topological polar surface area (TPSA) is 46.5 Å². The van der Waals surface area contributed by atoms with Gasteiger partial charge in [-0.2, -0.15) is 0 Å². The van der Waals surface area contributed by atoms with E-state index in [-0.39, 0.29) is 12.6 Å². The third kappa shape index (κ3) is 6.62. The lowest BCUT2D eigenvalue weighted by Crippen LogP contribution is -2.15. The normalized spacial score (nSPS) is 12.2. The van der Waals surface area contributed by atoms with Gasteiger partial charge in [0.05, 0.1) is 6.61 Å². The summed E-state index contributed by atoms with van der Waals surface area (Å²) in [6, 6.07) is 0. The van der Waals surface area contributed by atoms with Crippen molar-refractivity contribution in [2.45, 2.75) is 46.0 Å². The van der Waals surface area contributed by atoms with Crippen LogP contribution >= 0.6 is 0 Å². The molecule has 0 saturated carbocycles. The Hall–Kier alpha value is -0.830. The van der Waals surface area contributed by atoms with Gasteiger partial charge in [0, 0.05) is 18.6 Å². The van der Waals surface area contributed by atoms with Crippen LogP contribution in [-0.2, 0) is 9.53 Å². The molecule has 0 saturated heterocycles. The molecule has 1 atom stereocenters. The second-order valence-electron chi connectivity index (χ2n) is 4.09. The van der Waals surface area contributed by atoms with Crippen LogP contribution in [0.5, 0.6) is 0 Å². The predicted octanol–water partition coefficient (Wildman–Crippen LogP) is 2.68. The Balaban J connectivity index is 3.82. The molecule has 0 aliphatic carbocycles. The van der Waals surface area contributed by atoms with Crippen molar-refractivity contribution in [2.75, 3.05) is 13.2 Å². The largest absolute Gasteiger partial charge is 0.462 e. The van der Waals surface area contributed by atoms with Gasteiger partial charge in [-0.05, 0) is 12.3 Å². The van der Waals surface area contributed by atoms with E-state index in [2.05, 4.69) is 20.4 Å². The third-order valence-corrected chi connectivity index (χ3v) is 2.70. The number of aliphatic hydroxyl groups excluding tert-OH is 1.